The number of benzene rings is 2. The molecule has 6 nitrogen and oxygen atoms in total. The Kier molecular flexibility index (Phi) is 7.19. The van der Waals surface area contributed by atoms with Crippen molar-refractivity contribution in [2.45, 2.75) is 43.7 Å². The highest BCUT2D eigenvalue weighted by atomic mass is 16.2. The van der Waals surface area contributed by atoms with Gasteiger partial charge < -0.3 is 10.6 Å². The van der Waals surface area contributed by atoms with E-state index in [4.69, 9.17) is 0 Å². The van der Waals surface area contributed by atoms with Crippen LogP contribution in [-0.4, -0.2) is 53.4 Å². The molecule has 0 radical (unpaired) electrons. The van der Waals surface area contributed by atoms with Gasteiger partial charge in [0.1, 0.15) is 0 Å². The summed E-state index contributed by atoms with van der Waals surface area (Å²) in [4.78, 5) is 32.0. The van der Waals surface area contributed by atoms with Gasteiger partial charge in [-0.2, -0.15) is 0 Å². The van der Waals surface area contributed by atoms with Gasteiger partial charge in [-0.3, -0.25) is 19.5 Å². The number of rotatable bonds is 7. The Morgan fingerprint density at radius 3 is 2.60 bits per heavy atom. The minimum atomic E-state index is -0.0546. The summed E-state index contributed by atoms with van der Waals surface area (Å²) in [5.41, 5.74) is 4.56. The van der Waals surface area contributed by atoms with E-state index in [9.17, 15) is 9.59 Å². The number of amides is 2. The van der Waals surface area contributed by atoms with E-state index in [0.717, 1.165) is 32.2 Å². The van der Waals surface area contributed by atoms with Crippen molar-refractivity contribution < 1.29 is 9.59 Å². The molecule has 0 saturated carbocycles. The fraction of sp³-hybridized carbons (Fsp3) is 0.345. The van der Waals surface area contributed by atoms with E-state index < -0.39 is 0 Å². The van der Waals surface area contributed by atoms with Crippen molar-refractivity contribution in [1.82, 2.24) is 20.5 Å². The molecule has 1 aromatic heterocycles. The number of nitrogens with zero attached hydrogens (tertiary/aromatic N) is 2. The molecule has 35 heavy (non-hydrogen) atoms. The highest BCUT2D eigenvalue weighted by Gasteiger charge is 2.32. The molecular weight excluding hydrogens is 436 g/mol. The second-order valence-electron chi connectivity index (χ2n) is 9.64. The minimum Gasteiger partial charge on any atom is -0.352 e. The number of hydrogen-bond acceptors (Lipinski definition) is 4. The predicted octanol–water partition coefficient (Wildman–Crippen LogP) is 3.34. The molecule has 1 saturated heterocycles. The van der Waals surface area contributed by atoms with Crippen molar-refractivity contribution in [3.63, 3.8) is 0 Å². The van der Waals surface area contributed by atoms with Gasteiger partial charge in [-0.05, 0) is 60.6 Å². The summed E-state index contributed by atoms with van der Waals surface area (Å²) in [5.74, 6) is 0.228. The van der Waals surface area contributed by atoms with Crippen LogP contribution >= 0.6 is 0 Å². The third kappa shape index (κ3) is 5.77. The molecule has 3 unspecified atom stereocenters. The fourth-order valence-corrected chi connectivity index (χ4v) is 5.46. The van der Waals surface area contributed by atoms with Crippen molar-refractivity contribution in [3.8, 4) is 0 Å². The van der Waals surface area contributed by atoms with E-state index in [2.05, 4.69) is 50.8 Å². The molecule has 2 heterocycles. The average Bonchev–Trinajstić information content (AvgIpc) is 3.33. The van der Waals surface area contributed by atoms with Crippen LogP contribution in [0.25, 0.3) is 0 Å². The largest absolute Gasteiger partial charge is 0.352 e. The summed E-state index contributed by atoms with van der Waals surface area (Å²) in [6.45, 7) is 1.86. The number of carbonyl (C=O) groups is 2. The van der Waals surface area contributed by atoms with Crippen LogP contribution in [0.5, 0.6) is 0 Å². The normalized spacial score (nSPS) is 21.8. The van der Waals surface area contributed by atoms with Crippen LogP contribution in [0.2, 0.25) is 0 Å². The first-order chi connectivity index (χ1) is 17.2. The second kappa shape index (κ2) is 10.8. The maximum atomic E-state index is 13.1. The first-order valence-corrected chi connectivity index (χ1v) is 12.5. The lowest BCUT2D eigenvalue weighted by Gasteiger charge is -2.35. The lowest BCUT2D eigenvalue weighted by Crippen LogP contribution is -2.46. The van der Waals surface area contributed by atoms with Crippen molar-refractivity contribution in [3.05, 3.63) is 101 Å². The van der Waals surface area contributed by atoms with Gasteiger partial charge in [0.05, 0.1) is 6.54 Å². The van der Waals surface area contributed by atoms with E-state index in [0.29, 0.717) is 18.7 Å². The van der Waals surface area contributed by atoms with Crippen LogP contribution in [0.15, 0.2) is 79.1 Å². The van der Waals surface area contributed by atoms with E-state index in [1.165, 1.54) is 16.7 Å². The number of fused-ring (bicyclic) bond motifs is 1. The average molecular weight is 469 g/mol. The number of aryl methyl sites for hydroxylation is 1. The Morgan fingerprint density at radius 1 is 0.943 bits per heavy atom. The lowest BCUT2D eigenvalue weighted by molar-refractivity contribution is -0.123. The zero-order chi connectivity index (χ0) is 24.0. The zero-order valence-corrected chi connectivity index (χ0v) is 19.9. The van der Waals surface area contributed by atoms with Crippen LogP contribution in [-0.2, 0) is 17.6 Å². The summed E-state index contributed by atoms with van der Waals surface area (Å²) in [6, 6.07) is 22.1. The van der Waals surface area contributed by atoms with E-state index >= 15 is 0 Å². The molecule has 0 spiro atoms. The van der Waals surface area contributed by atoms with Crippen molar-refractivity contribution in [2.24, 2.45) is 0 Å². The Morgan fingerprint density at radius 2 is 1.77 bits per heavy atom. The SMILES string of the molecule is O=C(CN1CCC(NC(=O)c2ccccc2)C1)NC1CCc2ccccc2C1Cc1cccnc1. The van der Waals surface area contributed by atoms with Gasteiger partial charge in [0.2, 0.25) is 5.91 Å². The zero-order valence-electron chi connectivity index (χ0n) is 19.9. The number of aromatic nitrogens is 1. The quantitative estimate of drug-likeness (QED) is 0.558. The van der Waals surface area contributed by atoms with Gasteiger partial charge in [0, 0.05) is 49.0 Å². The summed E-state index contributed by atoms with van der Waals surface area (Å²) in [7, 11) is 0. The van der Waals surface area contributed by atoms with Gasteiger partial charge in [-0.1, -0.05) is 48.5 Å². The number of carbonyl (C=O) groups excluding carboxylic acids is 2. The van der Waals surface area contributed by atoms with Gasteiger partial charge in [-0.15, -0.1) is 0 Å². The number of likely N-dealkylation sites (tertiary alicyclic amines) is 1. The number of hydrogen-bond donors (Lipinski definition) is 2. The van der Waals surface area contributed by atoms with Crippen LogP contribution in [0.3, 0.4) is 0 Å². The summed E-state index contributed by atoms with van der Waals surface area (Å²) >= 11 is 0. The third-order valence-electron chi connectivity index (χ3n) is 7.20. The standard InChI is InChI=1S/C29H32N4O2/c34-28(20-33-16-14-24(19-33)31-29(35)23-9-2-1-3-10-23)32-27-13-12-22-8-4-5-11-25(22)26(27)17-21-7-6-15-30-18-21/h1-11,15,18,24,26-27H,12-14,16-17,19-20H2,(H,31,35)(H,32,34). The molecule has 5 rings (SSSR count). The molecule has 1 aliphatic carbocycles. The molecule has 1 aliphatic heterocycles. The molecule has 2 amide bonds. The van der Waals surface area contributed by atoms with E-state index in [-0.39, 0.29) is 29.8 Å². The fourth-order valence-electron chi connectivity index (χ4n) is 5.46. The molecule has 3 atom stereocenters. The third-order valence-corrected chi connectivity index (χ3v) is 7.20. The van der Waals surface area contributed by atoms with Gasteiger partial charge in [-0.25, -0.2) is 0 Å². The van der Waals surface area contributed by atoms with Crippen LogP contribution in [0.4, 0.5) is 0 Å². The summed E-state index contributed by atoms with van der Waals surface area (Å²) in [6.07, 6.45) is 7.33. The van der Waals surface area contributed by atoms with Crippen LogP contribution in [0, 0.1) is 0 Å². The topological polar surface area (TPSA) is 74.3 Å². The highest BCUT2D eigenvalue weighted by molar-refractivity contribution is 5.94. The van der Waals surface area contributed by atoms with Gasteiger partial charge in [0.15, 0.2) is 0 Å². The minimum absolute atomic E-state index is 0.0546. The highest BCUT2D eigenvalue weighted by Crippen LogP contribution is 2.34. The van der Waals surface area contributed by atoms with Crippen LogP contribution in [0.1, 0.15) is 45.8 Å². The Bertz CT molecular complexity index is 1150. The van der Waals surface area contributed by atoms with Crippen molar-refractivity contribution >= 4 is 11.8 Å². The maximum absolute atomic E-state index is 13.1. The monoisotopic (exact) mass is 468 g/mol. The molecule has 3 aromatic rings. The van der Waals surface area contributed by atoms with Crippen molar-refractivity contribution in [2.75, 3.05) is 19.6 Å². The summed E-state index contributed by atoms with van der Waals surface area (Å²) in [5, 5.41) is 6.46. The maximum Gasteiger partial charge on any atom is 0.251 e. The first-order valence-electron chi connectivity index (χ1n) is 12.5. The molecule has 180 valence electrons. The van der Waals surface area contributed by atoms with E-state index in [1.807, 2.05) is 42.6 Å². The molecule has 2 aromatic carbocycles. The molecule has 0 bridgehead atoms. The second-order valence-corrected chi connectivity index (χ2v) is 9.64. The van der Waals surface area contributed by atoms with Crippen molar-refractivity contribution in [1.29, 1.82) is 0 Å². The Balaban J connectivity index is 1.18. The lowest BCUT2D eigenvalue weighted by atomic mass is 9.76. The van der Waals surface area contributed by atoms with Gasteiger partial charge in [0.25, 0.3) is 5.91 Å². The first kappa shape index (κ1) is 23.2. The number of pyridine rings is 1. The van der Waals surface area contributed by atoms with Crippen LogP contribution < -0.4 is 10.6 Å². The molecular formula is C29H32N4O2. The van der Waals surface area contributed by atoms with E-state index in [1.54, 1.807) is 6.20 Å². The predicted molar refractivity (Wildman–Crippen MR) is 136 cm³/mol. The molecule has 1 fully saturated rings. The molecule has 6 heteroatoms. The summed E-state index contributed by atoms with van der Waals surface area (Å²) < 4.78 is 0. The molecule has 2 N–H and O–H groups in total. The Labute approximate surface area is 206 Å². The molecule has 2 aliphatic rings. The smallest absolute Gasteiger partial charge is 0.251 e. The van der Waals surface area contributed by atoms with Gasteiger partial charge >= 0.3 is 0 Å². The number of nitrogens with one attached hydrogen (secondary N) is 2. The Hall–Kier alpha value is -3.51.